The molecule has 1 saturated heterocycles. The van der Waals surface area contributed by atoms with Gasteiger partial charge in [-0.25, -0.2) is 9.18 Å². The van der Waals surface area contributed by atoms with Crippen LogP contribution >= 0.6 is 0 Å². The third-order valence-corrected chi connectivity index (χ3v) is 5.15. The van der Waals surface area contributed by atoms with Gasteiger partial charge in [-0.05, 0) is 56.2 Å². The number of halogens is 1. The molecule has 142 valence electrons. The molecular weight excluding hydrogens is 351 g/mol. The Morgan fingerprint density at radius 2 is 2.11 bits per heavy atom. The number of aromatic amines is 1. The van der Waals surface area contributed by atoms with E-state index in [1.807, 2.05) is 6.07 Å². The number of esters is 1. The van der Waals surface area contributed by atoms with Gasteiger partial charge < -0.3 is 9.64 Å². The van der Waals surface area contributed by atoms with Crippen LogP contribution in [0.5, 0.6) is 0 Å². The first-order valence-corrected chi connectivity index (χ1v) is 9.28. The van der Waals surface area contributed by atoms with Crippen molar-refractivity contribution in [1.82, 2.24) is 20.3 Å². The summed E-state index contributed by atoms with van der Waals surface area (Å²) in [7, 11) is 0. The molecule has 1 saturated carbocycles. The predicted molar refractivity (Wildman–Crippen MR) is 93.7 cm³/mol. The van der Waals surface area contributed by atoms with E-state index in [1.54, 1.807) is 17.9 Å². The first-order chi connectivity index (χ1) is 13.1. The van der Waals surface area contributed by atoms with Crippen molar-refractivity contribution in [2.24, 2.45) is 0 Å². The van der Waals surface area contributed by atoms with Crippen LogP contribution in [-0.2, 0) is 4.74 Å². The van der Waals surface area contributed by atoms with Crippen LogP contribution < -0.4 is 0 Å². The number of likely N-dealkylation sites (tertiary alicyclic amines) is 1. The minimum atomic E-state index is -0.583. The van der Waals surface area contributed by atoms with Gasteiger partial charge in [0.25, 0.3) is 5.91 Å². The molecule has 2 heterocycles. The van der Waals surface area contributed by atoms with Crippen molar-refractivity contribution in [3.8, 4) is 0 Å². The molecule has 1 amide bonds. The smallest absolute Gasteiger partial charge is 0.360 e. The molecule has 1 aromatic heterocycles. The minimum Gasteiger partial charge on any atom is -0.461 e. The van der Waals surface area contributed by atoms with E-state index in [0.717, 1.165) is 24.8 Å². The van der Waals surface area contributed by atoms with E-state index in [2.05, 4.69) is 15.4 Å². The first-order valence-electron chi connectivity index (χ1n) is 9.28. The molecule has 0 spiro atoms. The number of hydrogen-bond donors (Lipinski definition) is 1. The lowest BCUT2D eigenvalue weighted by Gasteiger charge is -2.24. The number of ether oxygens (including phenoxy) is 1. The van der Waals surface area contributed by atoms with E-state index >= 15 is 0 Å². The quantitative estimate of drug-likeness (QED) is 0.815. The van der Waals surface area contributed by atoms with Crippen LogP contribution in [0.1, 0.15) is 76.7 Å². The molecule has 1 aromatic carbocycles. The van der Waals surface area contributed by atoms with Crippen LogP contribution in [0.4, 0.5) is 4.39 Å². The summed E-state index contributed by atoms with van der Waals surface area (Å²) in [6.07, 6.45) is 3.52. The molecule has 7 nitrogen and oxygen atoms in total. The Bertz CT molecular complexity index is 878. The van der Waals surface area contributed by atoms with E-state index in [4.69, 9.17) is 4.74 Å². The van der Waals surface area contributed by atoms with Gasteiger partial charge in [-0.3, -0.25) is 4.79 Å². The fraction of sp³-hybridized carbons (Fsp3) is 0.474. The Hall–Kier alpha value is -2.77. The van der Waals surface area contributed by atoms with Gasteiger partial charge >= 0.3 is 5.97 Å². The number of nitrogens with zero attached hydrogens (tertiary/aromatic N) is 3. The molecule has 0 radical (unpaired) electrons. The number of carbonyl (C=O) groups excluding carboxylic acids is 2. The van der Waals surface area contributed by atoms with Crippen molar-refractivity contribution in [2.75, 3.05) is 13.2 Å². The molecule has 8 heteroatoms. The minimum absolute atomic E-state index is 0.0486. The number of aromatic nitrogens is 3. The van der Waals surface area contributed by atoms with Gasteiger partial charge in [0.15, 0.2) is 5.69 Å². The number of amides is 1. The second-order valence-electron chi connectivity index (χ2n) is 6.95. The summed E-state index contributed by atoms with van der Waals surface area (Å²) in [5, 5.41) is 10.4. The zero-order chi connectivity index (χ0) is 19.0. The number of benzene rings is 1. The van der Waals surface area contributed by atoms with Crippen molar-refractivity contribution in [3.05, 3.63) is 46.5 Å². The normalized spacial score (nSPS) is 19.3. The summed E-state index contributed by atoms with van der Waals surface area (Å²) in [4.78, 5) is 26.6. The van der Waals surface area contributed by atoms with Crippen molar-refractivity contribution in [2.45, 2.75) is 44.6 Å². The Balaban J connectivity index is 1.59. The summed E-state index contributed by atoms with van der Waals surface area (Å²) in [5.41, 5.74) is 1.44. The van der Waals surface area contributed by atoms with E-state index in [0.29, 0.717) is 24.6 Å². The maximum absolute atomic E-state index is 14.6. The number of carbonyl (C=O) groups is 2. The Kier molecular flexibility index (Phi) is 4.63. The molecule has 27 heavy (non-hydrogen) atoms. The van der Waals surface area contributed by atoms with Gasteiger partial charge in [-0.15, -0.1) is 5.10 Å². The average molecular weight is 372 g/mol. The summed E-state index contributed by atoms with van der Waals surface area (Å²) in [6, 6.07) is 4.43. The van der Waals surface area contributed by atoms with E-state index in [-0.39, 0.29) is 17.9 Å². The number of hydrogen-bond acceptors (Lipinski definition) is 5. The third-order valence-electron chi connectivity index (χ3n) is 5.15. The number of rotatable bonds is 5. The van der Waals surface area contributed by atoms with Crippen LogP contribution in [-0.4, -0.2) is 45.3 Å². The summed E-state index contributed by atoms with van der Waals surface area (Å²) in [5.74, 6) is -1.05. The fourth-order valence-electron chi connectivity index (χ4n) is 3.65. The van der Waals surface area contributed by atoms with Gasteiger partial charge in [0.1, 0.15) is 11.5 Å². The highest BCUT2D eigenvalue weighted by atomic mass is 19.1. The van der Waals surface area contributed by atoms with Crippen LogP contribution in [0.3, 0.4) is 0 Å². The fourth-order valence-corrected chi connectivity index (χ4v) is 3.65. The zero-order valence-electron chi connectivity index (χ0n) is 15.1. The summed E-state index contributed by atoms with van der Waals surface area (Å²) >= 11 is 0. The van der Waals surface area contributed by atoms with Crippen molar-refractivity contribution in [1.29, 1.82) is 0 Å². The zero-order valence-corrected chi connectivity index (χ0v) is 15.1. The number of nitrogens with one attached hydrogen (secondary N) is 1. The van der Waals surface area contributed by atoms with Gasteiger partial charge in [-0.2, -0.15) is 10.3 Å². The molecule has 1 unspecified atom stereocenters. The van der Waals surface area contributed by atoms with E-state index in [9.17, 15) is 14.0 Å². The van der Waals surface area contributed by atoms with Crippen molar-refractivity contribution >= 4 is 11.9 Å². The van der Waals surface area contributed by atoms with Crippen molar-refractivity contribution < 1.29 is 18.7 Å². The van der Waals surface area contributed by atoms with Crippen molar-refractivity contribution in [3.63, 3.8) is 0 Å². The highest BCUT2D eigenvalue weighted by Crippen LogP contribution is 2.41. The maximum atomic E-state index is 14.6. The van der Waals surface area contributed by atoms with E-state index < -0.39 is 23.7 Å². The van der Waals surface area contributed by atoms with Crippen LogP contribution in [0.15, 0.2) is 18.2 Å². The maximum Gasteiger partial charge on any atom is 0.360 e. The van der Waals surface area contributed by atoms with Gasteiger partial charge in [0, 0.05) is 6.54 Å². The van der Waals surface area contributed by atoms with E-state index in [1.165, 1.54) is 6.07 Å². The molecule has 1 atom stereocenters. The molecule has 2 aliphatic rings. The van der Waals surface area contributed by atoms with Gasteiger partial charge in [-0.1, -0.05) is 6.07 Å². The second kappa shape index (κ2) is 7.09. The van der Waals surface area contributed by atoms with Gasteiger partial charge in [0.2, 0.25) is 0 Å². The number of H-pyrrole nitrogens is 1. The predicted octanol–water partition coefficient (Wildman–Crippen LogP) is 2.98. The molecule has 1 aliphatic heterocycles. The average Bonchev–Trinajstić information content (AvgIpc) is 3.19. The Labute approximate surface area is 155 Å². The molecule has 4 rings (SSSR count). The summed E-state index contributed by atoms with van der Waals surface area (Å²) < 4.78 is 19.6. The lowest BCUT2D eigenvalue weighted by molar-refractivity contribution is 0.0512. The molecule has 2 aromatic rings. The van der Waals surface area contributed by atoms with Crippen LogP contribution in [0.2, 0.25) is 0 Å². The highest BCUT2D eigenvalue weighted by molar-refractivity contribution is 5.95. The van der Waals surface area contributed by atoms with Crippen LogP contribution in [0.25, 0.3) is 0 Å². The topological polar surface area (TPSA) is 88.2 Å². The lowest BCUT2D eigenvalue weighted by Crippen LogP contribution is -2.32. The standard InChI is InChI=1S/C19H21FN4O3/c1-2-27-19(26)17-16(21-23-22-17)15-4-3-9-24(15)18(25)13-8-7-12(10-14(13)20)11-5-6-11/h7-8,10-11,15H,2-6,9H2,1H3,(H,21,22,23). The third kappa shape index (κ3) is 3.31. The molecule has 0 bridgehead atoms. The van der Waals surface area contributed by atoms with Gasteiger partial charge in [0.05, 0.1) is 18.2 Å². The molecule has 2 fully saturated rings. The first kappa shape index (κ1) is 17.6. The monoisotopic (exact) mass is 372 g/mol. The molecule has 1 N–H and O–H groups in total. The SMILES string of the molecule is CCOC(=O)c1n[nH]nc1C1CCCN1C(=O)c1ccc(C2CC2)cc1F. The Morgan fingerprint density at radius 3 is 2.81 bits per heavy atom. The van der Waals surface area contributed by atoms with Crippen LogP contribution in [0, 0.1) is 5.82 Å². The second-order valence-corrected chi connectivity index (χ2v) is 6.95. The molecular formula is C19H21FN4O3. The lowest BCUT2D eigenvalue weighted by atomic mass is 10.0. The highest BCUT2D eigenvalue weighted by Gasteiger charge is 2.37. The largest absolute Gasteiger partial charge is 0.461 e. The molecule has 1 aliphatic carbocycles. The summed E-state index contributed by atoms with van der Waals surface area (Å²) in [6.45, 7) is 2.40. The Morgan fingerprint density at radius 1 is 1.30 bits per heavy atom.